The first-order valence-electron chi connectivity index (χ1n) is 5.74. The Labute approximate surface area is 107 Å². The molecule has 0 amide bonds. The van der Waals surface area contributed by atoms with Crippen molar-refractivity contribution in [2.45, 2.75) is 27.2 Å². The predicted octanol–water partition coefficient (Wildman–Crippen LogP) is 3.01. The monoisotopic (exact) mass is 247 g/mol. The summed E-state index contributed by atoms with van der Waals surface area (Å²) in [7, 11) is 0. The Balaban J connectivity index is 2.74. The van der Waals surface area contributed by atoms with Gasteiger partial charge in [0.05, 0.1) is 18.1 Å². The van der Waals surface area contributed by atoms with Crippen molar-refractivity contribution in [2.75, 3.05) is 6.61 Å². The second-order valence-electron chi connectivity index (χ2n) is 4.90. The first kappa shape index (κ1) is 14.0. The average molecular weight is 247 g/mol. The van der Waals surface area contributed by atoms with Crippen LogP contribution in [-0.2, 0) is 0 Å². The van der Waals surface area contributed by atoms with Gasteiger partial charge in [-0.1, -0.05) is 11.6 Å². The maximum Gasteiger partial charge on any atom is 0.339 e. The van der Waals surface area contributed by atoms with Crippen LogP contribution in [0.25, 0.3) is 0 Å². The lowest BCUT2D eigenvalue weighted by Gasteiger charge is -2.16. The molecule has 0 radical (unpaired) electrons. The van der Waals surface area contributed by atoms with E-state index in [-0.39, 0.29) is 5.56 Å². The first-order valence-corrected chi connectivity index (χ1v) is 5.74. The van der Waals surface area contributed by atoms with Crippen molar-refractivity contribution in [3.8, 4) is 11.8 Å². The van der Waals surface area contributed by atoms with Gasteiger partial charge in [-0.3, -0.25) is 0 Å². The molecule has 0 aliphatic rings. The third-order valence-corrected chi connectivity index (χ3v) is 2.65. The van der Waals surface area contributed by atoms with Crippen LogP contribution in [0.15, 0.2) is 18.2 Å². The highest BCUT2D eigenvalue weighted by atomic mass is 16.5. The molecule has 0 fully saturated rings. The third kappa shape index (κ3) is 3.77. The second-order valence-corrected chi connectivity index (χ2v) is 4.90. The quantitative estimate of drug-likeness (QED) is 0.868. The Morgan fingerprint density at radius 3 is 2.72 bits per heavy atom. The van der Waals surface area contributed by atoms with Crippen molar-refractivity contribution >= 4 is 5.97 Å². The van der Waals surface area contributed by atoms with E-state index in [2.05, 4.69) is 6.07 Å². The fraction of sp³-hybridized carbons (Fsp3) is 0.429. The molecule has 0 aliphatic carbocycles. The minimum absolute atomic E-state index is 0.157. The molecule has 0 aromatic heterocycles. The summed E-state index contributed by atoms with van der Waals surface area (Å²) < 4.78 is 5.46. The zero-order valence-corrected chi connectivity index (χ0v) is 10.9. The minimum Gasteiger partial charge on any atom is -0.493 e. The Bertz CT molecular complexity index is 486. The van der Waals surface area contributed by atoms with Crippen LogP contribution in [0.1, 0.15) is 36.2 Å². The summed E-state index contributed by atoms with van der Waals surface area (Å²) in [6, 6.07) is 7.21. The average Bonchev–Trinajstić information content (AvgIpc) is 2.30. The third-order valence-electron chi connectivity index (χ3n) is 2.65. The molecule has 1 aromatic carbocycles. The molecule has 0 atom stereocenters. The minimum atomic E-state index is -1.01. The lowest BCUT2D eigenvalue weighted by atomic mass is 9.92. The smallest absolute Gasteiger partial charge is 0.339 e. The molecule has 1 rings (SSSR count). The maximum atomic E-state index is 11.1. The number of hydrogen-bond acceptors (Lipinski definition) is 3. The number of hydrogen-bond donors (Lipinski definition) is 1. The second kappa shape index (κ2) is 5.54. The number of nitriles is 1. The van der Waals surface area contributed by atoms with Crippen molar-refractivity contribution in [3.05, 3.63) is 29.3 Å². The Kier molecular flexibility index (Phi) is 4.33. The molecule has 0 spiro atoms. The molecule has 1 aromatic rings. The fourth-order valence-corrected chi connectivity index (χ4v) is 1.41. The zero-order valence-electron chi connectivity index (χ0n) is 10.9. The number of carbonyl (C=O) groups is 1. The topological polar surface area (TPSA) is 70.3 Å². The number of rotatable bonds is 5. The summed E-state index contributed by atoms with van der Waals surface area (Å²) >= 11 is 0. The normalized spacial score (nSPS) is 10.8. The van der Waals surface area contributed by atoms with Gasteiger partial charge in [0.2, 0.25) is 0 Å². The van der Waals surface area contributed by atoms with Crippen molar-refractivity contribution in [3.63, 3.8) is 0 Å². The number of aryl methyl sites for hydroxylation is 1. The van der Waals surface area contributed by atoms with Gasteiger partial charge in [-0.15, -0.1) is 0 Å². The maximum absolute atomic E-state index is 11.1. The molecule has 1 N–H and O–H groups in total. The first-order chi connectivity index (χ1) is 8.35. The Morgan fingerprint density at radius 1 is 1.50 bits per heavy atom. The summed E-state index contributed by atoms with van der Waals surface area (Å²) in [5.41, 5.74) is 0.565. The lowest BCUT2D eigenvalue weighted by molar-refractivity contribution is 0.0692. The van der Waals surface area contributed by atoms with E-state index < -0.39 is 11.4 Å². The van der Waals surface area contributed by atoms with Crippen LogP contribution >= 0.6 is 0 Å². The van der Waals surface area contributed by atoms with Crippen LogP contribution in [0, 0.1) is 23.7 Å². The molecule has 0 aliphatic heterocycles. The van der Waals surface area contributed by atoms with Gasteiger partial charge in [-0.05, 0) is 39.3 Å². The fourth-order valence-electron chi connectivity index (χ4n) is 1.41. The number of nitrogens with zero attached hydrogens (tertiary/aromatic N) is 1. The summed E-state index contributed by atoms with van der Waals surface area (Å²) in [6.07, 6.45) is 0.552. The van der Waals surface area contributed by atoms with Gasteiger partial charge in [-0.25, -0.2) is 4.79 Å². The van der Waals surface area contributed by atoms with Gasteiger partial charge in [0.25, 0.3) is 0 Å². The van der Waals surface area contributed by atoms with E-state index in [4.69, 9.17) is 15.1 Å². The zero-order chi connectivity index (χ0) is 13.8. The molecule has 0 saturated carbocycles. The van der Waals surface area contributed by atoms with Crippen LogP contribution in [0.2, 0.25) is 0 Å². The van der Waals surface area contributed by atoms with Crippen molar-refractivity contribution in [1.82, 2.24) is 0 Å². The highest BCUT2D eigenvalue weighted by molar-refractivity contribution is 5.91. The molecule has 4 heteroatoms. The van der Waals surface area contributed by atoms with Crippen LogP contribution in [0.3, 0.4) is 0 Å². The van der Waals surface area contributed by atoms with E-state index >= 15 is 0 Å². The number of aromatic carboxylic acids is 1. The molecule has 18 heavy (non-hydrogen) atoms. The molecule has 0 unspecified atom stereocenters. The van der Waals surface area contributed by atoms with Gasteiger partial charge in [-0.2, -0.15) is 5.26 Å². The molecule has 4 nitrogen and oxygen atoms in total. The number of carboxylic acids is 1. The van der Waals surface area contributed by atoms with Crippen molar-refractivity contribution in [2.24, 2.45) is 5.41 Å². The molecule has 0 saturated heterocycles. The van der Waals surface area contributed by atoms with E-state index in [1.807, 2.05) is 20.8 Å². The Morgan fingerprint density at radius 2 is 2.17 bits per heavy atom. The summed E-state index contributed by atoms with van der Waals surface area (Å²) in [4.78, 5) is 11.1. The van der Waals surface area contributed by atoms with E-state index in [1.54, 1.807) is 18.2 Å². The van der Waals surface area contributed by atoms with E-state index in [1.165, 1.54) is 0 Å². The van der Waals surface area contributed by atoms with Crippen LogP contribution in [0.4, 0.5) is 0 Å². The highest BCUT2D eigenvalue weighted by Crippen LogP contribution is 2.23. The van der Waals surface area contributed by atoms with Crippen LogP contribution in [-0.4, -0.2) is 17.7 Å². The molecule has 0 bridgehead atoms. The lowest BCUT2D eigenvalue weighted by Crippen LogP contribution is -2.14. The molecular formula is C14H17NO3. The number of carboxylic acid groups (broad SMARTS) is 1. The molecule has 96 valence electrons. The van der Waals surface area contributed by atoms with E-state index in [0.717, 1.165) is 5.56 Å². The summed E-state index contributed by atoms with van der Waals surface area (Å²) in [6.45, 7) is 5.80. The van der Waals surface area contributed by atoms with E-state index in [9.17, 15) is 4.79 Å². The van der Waals surface area contributed by atoms with Gasteiger partial charge < -0.3 is 9.84 Å². The summed E-state index contributed by atoms with van der Waals surface area (Å²) in [5, 5.41) is 17.9. The SMILES string of the molecule is Cc1ccc(OCCC(C)(C)C#N)c(C(=O)O)c1. The molecular weight excluding hydrogens is 230 g/mol. The molecule has 0 heterocycles. The van der Waals surface area contributed by atoms with Gasteiger partial charge >= 0.3 is 5.97 Å². The van der Waals surface area contributed by atoms with E-state index in [0.29, 0.717) is 18.8 Å². The summed E-state index contributed by atoms with van der Waals surface area (Å²) in [5.74, 6) is -0.657. The predicted molar refractivity (Wildman–Crippen MR) is 67.6 cm³/mol. The largest absolute Gasteiger partial charge is 0.493 e. The van der Waals surface area contributed by atoms with Gasteiger partial charge in [0.1, 0.15) is 11.3 Å². The number of benzene rings is 1. The number of ether oxygens (including phenoxy) is 1. The Hall–Kier alpha value is -2.02. The van der Waals surface area contributed by atoms with Crippen LogP contribution in [0.5, 0.6) is 5.75 Å². The van der Waals surface area contributed by atoms with Gasteiger partial charge in [0.15, 0.2) is 0 Å². The van der Waals surface area contributed by atoms with Crippen molar-refractivity contribution < 1.29 is 14.6 Å². The van der Waals surface area contributed by atoms with Gasteiger partial charge in [0, 0.05) is 0 Å². The van der Waals surface area contributed by atoms with Crippen LogP contribution < -0.4 is 4.74 Å². The highest BCUT2D eigenvalue weighted by Gasteiger charge is 2.17. The van der Waals surface area contributed by atoms with Crippen molar-refractivity contribution in [1.29, 1.82) is 5.26 Å². The standard InChI is InChI=1S/C14H17NO3/c1-10-4-5-12(11(8-10)13(16)17)18-7-6-14(2,3)9-15/h4-5,8H,6-7H2,1-3H3,(H,16,17).